The van der Waals surface area contributed by atoms with E-state index in [4.69, 9.17) is 0 Å². The normalized spacial score (nSPS) is 36.4. The molecule has 0 aromatic heterocycles. The predicted octanol–water partition coefficient (Wildman–Crippen LogP) is 3.33. The molecule has 1 saturated carbocycles. The molecule has 5 unspecified atom stereocenters. The van der Waals surface area contributed by atoms with Crippen LogP contribution in [0.15, 0.2) is 30.3 Å². The fraction of sp³-hybridized carbons (Fsp3) is 0.611. The zero-order valence-corrected chi connectivity index (χ0v) is 13.3. The average Bonchev–Trinajstić information content (AvgIpc) is 3.01. The summed E-state index contributed by atoms with van der Waals surface area (Å²) < 4.78 is 0. The molecule has 0 bridgehead atoms. The van der Waals surface area contributed by atoms with Crippen LogP contribution in [0.1, 0.15) is 51.8 Å². The summed E-state index contributed by atoms with van der Waals surface area (Å²) in [6, 6.07) is 10.7. The number of nitrogens with one attached hydrogen (secondary N) is 1. The van der Waals surface area contributed by atoms with Crippen molar-refractivity contribution in [3.8, 4) is 0 Å². The highest BCUT2D eigenvalue weighted by molar-refractivity contribution is 5.84. The van der Waals surface area contributed by atoms with E-state index in [1.807, 2.05) is 13.0 Å². The monoisotopic (exact) mass is 286 g/mol. The second-order valence-electron chi connectivity index (χ2n) is 6.62. The lowest BCUT2D eigenvalue weighted by Gasteiger charge is -2.34. The van der Waals surface area contributed by atoms with Gasteiger partial charge in [-0.2, -0.15) is 0 Å². The summed E-state index contributed by atoms with van der Waals surface area (Å²) in [5.41, 5.74) is 1.20. The molecule has 1 N–H and O–H groups in total. The van der Waals surface area contributed by atoms with E-state index in [0.29, 0.717) is 12.0 Å². The Labute approximate surface area is 127 Å². The van der Waals surface area contributed by atoms with E-state index in [1.165, 1.54) is 18.4 Å². The number of amides is 1. The van der Waals surface area contributed by atoms with Crippen LogP contribution in [0.4, 0.5) is 0 Å². The number of benzene rings is 1. The zero-order chi connectivity index (χ0) is 15.0. The SMILES string of the molecule is CCC1CCC(N2C(=O)C(C)NC2c2ccccc2)C1C. The predicted molar refractivity (Wildman–Crippen MR) is 84.6 cm³/mol. The number of rotatable bonds is 3. The summed E-state index contributed by atoms with van der Waals surface area (Å²) in [5.74, 6) is 1.62. The largest absolute Gasteiger partial charge is 0.318 e. The summed E-state index contributed by atoms with van der Waals surface area (Å²) in [7, 11) is 0. The maximum atomic E-state index is 12.7. The van der Waals surface area contributed by atoms with Gasteiger partial charge in [-0.15, -0.1) is 0 Å². The highest BCUT2D eigenvalue weighted by Gasteiger charge is 2.46. The quantitative estimate of drug-likeness (QED) is 0.924. The molecule has 1 aromatic rings. The summed E-state index contributed by atoms with van der Waals surface area (Å²) in [6.07, 6.45) is 3.65. The number of carbonyl (C=O) groups excluding carboxylic acids is 1. The molecule has 2 aliphatic rings. The van der Waals surface area contributed by atoms with Gasteiger partial charge in [0, 0.05) is 6.04 Å². The third kappa shape index (κ3) is 2.48. The highest BCUT2D eigenvalue weighted by atomic mass is 16.2. The minimum absolute atomic E-state index is 0.0387. The highest BCUT2D eigenvalue weighted by Crippen LogP contribution is 2.41. The van der Waals surface area contributed by atoms with Gasteiger partial charge in [-0.05, 0) is 37.2 Å². The van der Waals surface area contributed by atoms with Crippen LogP contribution in [0.3, 0.4) is 0 Å². The Morgan fingerprint density at radius 2 is 1.90 bits per heavy atom. The molecular weight excluding hydrogens is 260 g/mol. The minimum atomic E-state index is -0.0805. The molecule has 21 heavy (non-hydrogen) atoms. The maximum Gasteiger partial charge on any atom is 0.241 e. The minimum Gasteiger partial charge on any atom is -0.318 e. The lowest BCUT2D eigenvalue weighted by Crippen LogP contribution is -2.42. The van der Waals surface area contributed by atoms with Gasteiger partial charge in [-0.3, -0.25) is 10.1 Å². The second-order valence-corrected chi connectivity index (χ2v) is 6.62. The van der Waals surface area contributed by atoms with Crippen LogP contribution >= 0.6 is 0 Å². The maximum absolute atomic E-state index is 12.7. The second kappa shape index (κ2) is 5.80. The molecular formula is C18H26N2O. The third-order valence-electron chi connectivity index (χ3n) is 5.49. The molecule has 1 aliphatic heterocycles. The smallest absolute Gasteiger partial charge is 0.241 e. The molecule has 0 radical (unpaired) electrons. The van der Waals surface area contributed by atoms with Crippen LogP contribution in [0, 0.1) is 11.8 Å². The lowest BCUT2D eigenvalue weighted by molar-refractivity contribution is -0.132. The van der Waals surface area contributed by atoms with Crippen molar-refractivity contribution in [2.45, 2.75) is 58.3 Å². The van der Waals surface area contributed by atoms with Gasteiger partial charge < -0.3 is 4.90 Å². The van der Waals surface area contributed by atoms with Crippen LogP contribution in [-0.2, 0) is 4.79 Å². The first-order valence-electron chi connectivity index (χ1n) is 8.26. The standard InChI is InChI=1S/C18H26N2O/c1-4-14-10-11-16(12(14)2)20-17(19-13(3)18(20)21)15-8-6-5-7-9-15/h5-9,12-14,16-17,19H,4,10-11H2,1-3H3. The molecule has 1 aliphatic carbocycles. The van der Waals surface area contributed by atoms with Gasteiger partial charge in [0.25, 0.3) is 0 Å². The van der Waals surface area contributed by atoms with E-state index in [9.17, 15) is 4.79 Å². The molecule has 1 aromatic carbocycles. The van der Waals surface area contributed by atoms with Crippen molar-refractivity contribution < 1.29 is 4.79 Å². The van der Waals surface area contributed by atoms with Gasteiger partial charge in [0.15, 0.2) is 0 Å². The summed E-state index contributed by atoms with van der Waals surface area (Å²) in [5, 5.41) is 3.48. The van der Waals surface area contributed by atoms with Gasteiger partial charge in [0.2, 0.25) is 5.91 Å². The van der Waals surface area contributed by atoms with Gasteiger partial charge >= 0.3 is 0 Å². The molecule has 5 atom stereocenters. The number of hydrogen-bond acceptors (Lipinski definition) is 2. The van der Waals surface area contributed by atoms with Crippen molar-refractivity contribution >= 4 is 5.91 Å². The Morgan fingerprint density at radius 1 is 1.19 bits per heavy atom. The third-order valence-corrected chi connectivity index (χ3v) is 5.49. The van der Waals surface area contributed by atoms with Crippen molar-refractivity contribution in [3.05, 3.63) is 35.9 Å². The molecule has 2 fully saturated rings. The van der Waals surface area contributed by atoms with Gasteiger partial charge in [0.05, 0.1) is 6.04 Å². The fourth-order valence-corrected chi connectivity index (χ4v) is 4.18. The Bertz CT molecular complexity index is 501. The van der Waals surface area contributed by atoms with E-state index in [0.717, 1.165) is 12.3 Å². The first-order valence-corrected chi connectivity index (χ1v) is 8.26. The Morgan fingerprint density at radius 3 is 2.52 bits per heavy atom. The van der Waals surface area contributed by atoms with Crippen molar-refractivity contribution in [1.29, 1.82) is 0 Å². The fourth-order valence-electron chi connectivity index (χ4n) is 4.18. The van der Waals surface area contributed by atoms with Crippen LogP contribution in [0.25, 0.3) is 0 Å². The van der Waals surface area contributed by atoms with Crippen molar-refractivity contribution in [3.63, 3.8) is 0 Å². The van der Waals surface area contributed by atoms with E-state index < -0.39 is 0 Å². The number of nitrogens with zero attached hydrogens (tertiary/aromatic N) is 1. The van der Waals surface area contributed by atoms with E-state index in [2.05, 4.69) is 48.3 Å². The first-order chi connectivity index (χ1) is 10.1. The van der Waals surface area contributed by atoms with E-state index >= 15 is 0 Å². The Kier molecular flexibility index (Phi) is 4.03. The lowest BCUT2D eigenvalue weighted by atomic mass is 9.92. The van der Waals surface area contributed by atoms with E-state index in [1.54, 1.807) is 0 Å². The topological polar surface area (TPSA) is 32.3 Å². The molecule has 3 heteroatoms. The molecule has 1 saturated heterocycles. The van der Waals surface area contributed by atoms with Crippen LogP contribution in [-0.4, -0.2) is 22.9 Å². The van der Waals surface area contributed by atoms with E-state index in [-0.39, 0.29) is 18.1 Å². The molecule has 114 valence electrons. The zero-order valence-electron chi connectivity index (χ0n) is 13.3. The number of hydrogen-bond donors (Lipinski definition) is 1. The van der Waals surface area contributed by atoms with Crippen molar-refractivity contribution in [1.82, 2.24) is 10.2 Å². The van der Waals surface area contributed by atoms with Crippen LogP contribution < -0.4 is 5.32 Å². The van der Waals surface area contributed by atoms with Crippen LogP contribution in [0.5, 0.6) is 0 Å². The summed E-state index contributed by atoms with van der Waals surface area (Å²) >= 11 is 0. The van der Waals surface area contributed by atoms with Gasteiger partial charge in [-0.25, -0.2) is 0 Å². The Balaban J connectivity index is 1.89. The van der Waals surface area contributed by atoms with Crippen LogP contribution in [0.2, 0.25) is 0 Å². The summed E-state index contributed by atoms with van der Waals surface area (Å²) in [4.78, 5) is 14.8. The van der Waals surface area contributed by atoms with Crippen molar-refractivity contribution in [2.24, 2.45) is 11.8 Å². The molecule has 3 rings (SSSR count). The molecule has 3 nitrogen and oxygen atoms in total. The van der Waals surface area contributed by atoms with Gasteiger partial charge in [-0.1, -0.05) is 50.6 Å². The first kappa shape index (κ1) is 14.6. The Hall–Kier alpha value is -1.35. The summed E-state index contributed by atoms with van der Waals surface area (Å²) in [6.45, 7) is 6.57. The molecule has 0 spiro atoms. The van der Waals surface area contributed by atoms with Crippen molar-refractivity contribution in [2.75, 3.05) is 0 Å². The average molecular weight is 286 g/mol. The molecule has 1 heterocycles. The van der Waals surface area contributed by atoms with Gasteiger partial charge in [0.1, 0.15) is 6.17 Å². The number of carbonyl (C=O) groups is 1. The molecule has 1 amide bonds.